The maximum absolute atomic E-state index is 12.2. The van der Waals surface area contributed by atoms with E-state index in [1.807, 2.05) is 24.3 Å². The second kappa shape index (κ2) is 11.6. The fourth-order valence-electron chi connectivity index (χ4n) is 4.17. The number of alkyl carbamates (subject to hydrolysis) is 1. The average molecular weight is 494 g/mol. The van der Waals surface area contributed by atoms with Crippen molar-refractivity contribution in [3.63, 3.8) is 0 Å². The molecule has 8 nitrogen and oxygen atoms in total. The number of nitrogens with zero attached hydrogens (tertiary/aromatic N) is 1. The summed E-state index contributed by atoms with van der Waals surface area (Å²) in [5.74, 6) is -1.11. The van der Waals surface area contributed by atoms with Gasteiger partial charge in [-0.15, -0.1) is 11.3 Å². The number of nitrogens with one attached hydrogen (secondary N) is 2. The molecule has 0 saturated carbocycles. The minimum atomic E-state index is -1.05. The van der Waals surface area contributed by atoms with Crippen LogP contribution in [0.3, 0.4) is 0 Å². The van der Waals surface area contributed by atoms with E-state index in [2.05, 4.69) is 39.9 Å². The molecule has 3 N–H and O–H groups in total. The van der Waals surface area contributed by atoms with Crippen LogP contribution in [0.4, 0.5) is 4.79 Å². The van der Waals surface area contributed by atoms with Gasteiger partial charge in [-0.1, -0.05) is 48.5 Å². The van der Waals surface area contributed by atoms with Crippen molar-refractivity contribution in [2.45, 2.75) is 31.6 Å². The monoisotopic (exact) mass is 493 g/mol. The van der Waals surface area contributed by atoms with E-state index in [-0.39, 0.29) is 24.1 Å². The molecular formula is C26H27N3O5S. The van der Waals surface area contributed by atoms with Crippen LogP contribution in [0.15, 0.2) is 53.9 Å². The molecule has 1 heterocycles. The van der Waals surface area contributed by atoms with E-state index in [4.69, 9.17) is 9.84 Å². The number of carboxylic acids is 1. The molecule has 0 atom stereocenters. The number of carbonyl (C=O) groups is 3. The second-order valence-electron chi connectivity index (χ2n) is 8.24. The number of amides is 2. The van der Waals surface area contributed by atoms with Gasteiger partial charge in [0.25, 0.3) is 0 Å². The lowest BCUT2D eigenvalue weighted by molar-refractivity contribution is -0.121. The second-order valence-corrected chi connectivity index (χ2v) is 9.18. The normalized spacial score (nSPS) is 12.0. The Morgan fingerprint density at radius 2 is 1.63 bits per heavy atom. The SMILES string of the molecule is O=C(CCCCNC(=O)OCC1c2ccccc2-c2ccccc21)NCCc1nc(C(=O)O)cs1. The highest BCUT2D eigenvalue weighted by atomic mass is 32.1. The number of ether oxygens (including phenoxy) is 1. The number of rotatable bonds is 11. The Kier molecular flexibility index (Phi) is 8.10. The summed E-state index contributed by atoms with van der Waals surface area (Å²) in [6.45, 7) is 1.11. The van der Waals surface area contributed by atoms with Gasteiger partial charge in [0.1, 0.15) is 6.61 Å². The van der Waals surface area contributed by atoms with Crippen molar-refractivity contribution in [2.75, 3.05) is 19.7 Å². The number of thiazole rings is 1. The molecule has 0 aliphatic heterocycles. The molecule has 0 unspecified atom stereocenters. The van der Waals surface area contributed by atoms with Crippen LogP contribution in [-0.4, -0.2) is 47.8 Å². The minimum Gasteiger partial charge on any atom is -0.476 e. The Hall–Kier alpha value is -3.72. The first-order valence-electron chi connectivity index (χ1n) is 11.6. The van der Waals surface area contributed by atoms with Crippen LogP contribution in [0.1, 0.15) is 51.8 Å². The summed E-state index contributed by atoms with van der Waals surface area (Å²) < 4.78 is 5.51. The van der Waals surface area contributed by atoms with Gasteiger partial charge in [0.05, 0.1) is 5.01 Å². The van der Waals surface area contributed by atoms with Gasteiger partial charge in [0.15, 0.2) is 5.69 Å². The number of aromatic carboxylic acids is 1. The summed E-state index contributed by atoms with van der Waals surface area (Å²) in [5, 5.41) is 16.6. The van der Waals surface area contributed by atoms with Gasteiger partial charge >= 0.3 is 12.1 Å². The third-order valence-electron chi connectivity index (χ3n) is 5.88. The molecule has 0 saturated heterocycles. The van der Waals surface area contributed by atoms with Crippen LogP contribution in [-0.2, 0) is 16.0 Å². The highest BCUT2D eigenvalue weighted by Gasteiger charge is 2.28. The number of benzene rings is 2. The van der Waals surface area contributed by atoms with Crippen LogP contribution in [0.25, 0.3) is 11.1 Å². The molecule has 0 fully saturated rings. The largest absolute Gasteiger partial charge is 0.476 e. The van der Waals surface area contributed by atoms with Crippen molar-refractivity contribution in [1.29, 1.82) is 0 Å². The first-order valence-corrected chi connectivity index (χ1v) is 12.4. The zero-order chi connectivity index (χ0) is 24.6. The molecule has 0 radical (unpaired) electrons. The van der Waals surface area contributed by atoms with Gasteiger partial charge in [0.2, 0.25) is 5.91 Å². The number of fused-ring (bicyclic) bond motifs is 3. The van der Waals surface area contributed by atoms with E-state index < -0.39 is 12.1 Å². The smallest absolute Gasteiger partial charge is 0.407 e. The van der Waals surface area contributed by atoms with Gasteiger partial charge < -0.3 is 20.5 Å². The number of unbranched alkanes of at least 4 members (excludes halogenated alkanes) is 1. The van der Waals surface area contributed by atoms with E-state index in [1.165, 1.54) is 39.0 Å². The molecule has 1 aromatic heterocycles. The molecule has 182 valence electrons. The quantitative estimate of drug-likeness (QED) is 0.345. The molecule has 1 aliphatic rings. The lowest BCUT2D eigenvalue weighted by Gasteiger charge is -2.14. The van der Waals surface area contributed by atoms with Crippen molar-refractivity contribution in [3.8, 4) is 11.1 Å². The zero-order valence-electron chi connectivity index (χ0n) is 19.2. The summed E-state index contributed by atoms with van der Waals surface area (Å²) in [4.78, 5) is 39.0. The van der Waals surface area contributed by atoms with E-state index in [1.54, 1.807) is 0 Å². The lowest BCUT2D eigenvalue weighted by atomic mass is 9.98. The predicted octanol–water partition coefficient (Wildman–Crippen LogP) is 4.21. The van der Waals surface area contributed by atoms with Gasteiger partial charge in [-0.05, 0) is 35.1 Å². The third-order valence-corrected chi connectivity index (χ3v) is 6.78. The Morgan fingerprint density at radius 1 is 0.943 bits per heavy atom. The molecule has 4 rings (SSSR count). The fraction of sp³-hybridized carbons (Fsp3) is 0.308. The number of hydrogen-bond donors (Lipinski definition) is 3. The maximum atomic E-state index is 12.2. The number of carbonyl (C=O) groups excluding carboxylic acids is 2. The average Bonchev–Trinajstić information content (AvgIpc) is 3.46. The summed E-state index contributed by atoms with van der Waals surface area (Å²) >= 11 is 1.27. The van der Waals surface area contributed by atoms with Crippen LogP contribution in [0.2, 0.25) is 0 Å². The van der Waals surface area contributed by atoms with E-state index in [0.717, 1.165) is 0 Å². The molecule has 2 amide bonds. The van der Waals surface area contributed by atoms with Crippen molar-refractivity contribution < 1.29 is 24.2 Å². The Balaban J connectivity index is 1.10. The molecule has 2 aromatic carbocycles. The molecule has 0 bridgehead atoms. The van der Waals surface area contributed by atoms with E-state index in [0.29, 0.717) is 43.8 Å². The Labute approximate surface area is 207 Å². The first kappa shape index (κ1) is 24.4. The predicted molar refractivity (Wildman–Crippen MR) is 133 cm³/mol. The van der Waals surface area contributed by atoms with Crippen molar-refractivity contribution >= 4 is 29.3 Å². The fourth-order valence-corrected chi connectivity index (χ4v) is 4.94. The summed E-state index contributed by atoms with van der Waals surface area (Å²) in [5.41, 5.74) is 4.74. The Morgan fingerprint density at radius 3 is 2.29 bits per heavy atom. The topological polar surface area (TPSA) is 118 Å². The van der Waals surface area contributed by atoms with Crippen molar-refractivity contribution in [1.82, 2.24) is 15.6 Å². The summed E-state index contributed by atoms with van der Waals surface area (Å²) in [6.07, 6.45) is 1.68. The van der Waals surface area contributed by atoms with Crippen LogP contribution in [0, 0.1) is 0 Å². The maximum Gasteiger partial charge on any atom is 0.407 e. The van der Waals surface area contributed by atoms with E-state index in [9.17, 15) is 14.4 Å². The summed E-state index contributed by atoms with van der Waals surface area (Å²) in [6, 6.07) is 16.4. The third kappa shape index (κ3) is 6.24. The van der Waals surface area contributed by atoms with E-state index >= 15 is 0 Å². The van der Waals surface area contributed by atoms with Gasteiger partial charge in [-0.3, -0.25) is 4.79 Å². The van der Waals surface area contributed by atoms with Crippen molar-refractivity contribution in [3.05, 3.63) is 75.7 Å². The molecule has 35 heavy (non-hydrogen) atoms. The Bertz CT molecular complexity index is 1160. The zero-order valence-corrected chi connectivity index (χ0v) is 20.0. The minimum absolute atomic E-state index is 0.0249. The van der Waals surface area contributed by atoms with Gasteiger partial charge in [0, 0.05) is 37.2 Å². The molecule has 0 spiro atoms. The van der Waals surface area contributed by atoms with Crippen LogP contribution < -0.4 is 10.6 Å². The highest BCUT2D eigenvalue weighted by Crippen LogP contribution is 2.44. The number of carboxylic acid groups (broad SMARTS) is 1. The highest BCUT2D eigenvalue weighted by molar-refractivity contribution is 7.09. The number of hydrogen-bond acceptors (Lipinski definition) is 6. The molecular weight excluding hydrogens is 466 g/mol. The van der Waals surface area contributed by atoms with Gasteiger partial charge in [-0.2, -0.15) is 0 Å². The standard InChI is InChI=1S/C26H27N3O5S/c30-23(27-14-12-24-29-22(16-35-24)25(31)32)11-5-6-13-28-26(33)34-15-21-19-9-3-1-7-17(19)18-8-2-4-10-20(18)21/h1-4,7-10,16,21H,5-6,11-15H2,(H,27,30)(H,28,33)(H,31,32). The van der Waals surface area contributed by atoms with Crippen molar-refractivity contribution in [2.24, 2.45) is 0 Å². The molecule has 1 aliphatic carbocycles. The number of aromatic nitrogens is 1. The first-order chi connectivity index (χ1) is 17.0. The molecule has 3 aromatic rings. The summed E-state index contributed by atoms with van der Waals surface area (Å²) in [7, 11) is 0. The van der Waals surface area contributed by atoms with Crippen LogP contribution >= 0.6 is 11.3 Å². The van der Waals surface area contributed by atoms with Crippen LogP contribution in [0.5, 0.6) is 0 Å². The lowest BCUT2D eigenvalue weighted by Crippen LogP contribution is -2.28. The van der Waals surface area contributed by atoms with Gasteiger partial charge in [-0.25, -0.2) is 14.6 Å². The molecule has 9 heteroatoms.